The second-order valence-corrected chi connectivity index (χ2v) is 9.54. The molecule has 3 saturated heterocycles. The number of aliphatic hydroxyl groups is 2. The summed E-state index contributed by atoms with van der Waals surface area (Å²) in [6, 6.07) is 8.14. The fourth-order valence-electron chi connectivity index (χ4n) is 4.88. The Morgan fingerprint density at radius 3 is 2.40 bits per heavy atom. The van der Waals surface area contributed by atoms with Crippen LogP contribution in [0.1, 0.15) is 6.42 Å². The highest BCUT2D eigenvalue weighted by molar-refractivity contribution is 5.84. The van der Waals surface area contributed by atoms with Crippen LogP contribution in [0.3, 0.4) is 0 Å². The van der Waals surface area contributed by atoms with Crippen molar-refractivity contribution in [1.29, 1.82) is 0 Å². The molecular formula is C25H24F5N3O7. The monoisotopic (exact) mass is 573 g/mol. The zero-order valence-electron chi connectivity index (χ0n) is 20.6. The lowest BCUT2D eigenvalue weighted by atomic mass is 10.0. The number of imidazole rings is 1. The number of carboxylic acids is 1. The molecule has 3 aliphatic rings. The van der Waals surface area contributed by atoms with Gasteiger partial charge in [0.05, 0.1) is 30.4 Å². The van der Waals surface area contributed by atoms with Gasteiger partial charge in [-0.25, -0.2) is 13.6 Å². The molecule has 0 saturated carbocycles. The van der Waals surface area contributed by atoms with Crippen LogP contribution in [0, 0.1) is 11.6 Å². The minimum Gasteiger partial charge on any atom is -0.475 e. The fourth-order valence-corrected chi connectivity index (χ4v) is 4.88. The Hall–Kier alpha value is -3.53. The number of nitrogens with one attached hydrogen (secondary N) is 1. The molecular weight excluding hydrogens is 549 g/mol. The zero-order chi connectivity index (χ0) is 28.8. The average molecular weight is 573 g/mol. The normalized spacial score (nSPS) is 26.1. The van der Waals surface area contributed by atoms with Crippen molar-refractivity contribution in [3.05, 3.63) is 42.0 Å². The summed E-state index contributed by atoms with van der Waals surface area (Å²) in [5.41, 5.74) is 1.26. The predicted octanol–water partition coefficient (Wildman–Crippen LogP) is 2.62. The molecule has 4 heterocycles. The summed E-state index contributed by atoms with van der Waals surface area (Å²) >= 11 is 0. The van der Waals surface area contributed by atoms with Gasteiger partial charge in [-0.3, -0.25) is 0 Å². The number of benzene rings is 2. The van der Waals surface area contributed by atoms with Crippen molar-refractivity contribution >= 4 is 22.7 Å². The summed E-state index contributed by atoms with van der Waals surface area (Å²) in [7, 11) is 0. The summed E-state index contributed by atoms with van der Waals surface area (Å²) in [4.78, 5) is 17.9. The minimum atomic E-state index is -5.08. The number of hydrogen-bond donors (Lipinski definition) is 4. The van der Waals surface area contributed by atoms with Crippen molar-refractivity contribution in [3.8, 4) is 17.1 Å². The van der Waals surface area contributed by atoms with Crippen molar-refractivity contribution in [2.75, 3.05) is 31.2 Å². The molecule has 0 unspecified atom stereocenters. The Kier molecular flexibility index (Phi) is 7.56. The molecule has 10 nitrogen and oxygen atoms in total. The number of aliphatic carboxylic acids is 1. The molecule has 3 fully saturated rings. The minimum absolute atomic E-state index is 0.0302. The smallest absolute Gasteiger partial charge is 0.475 e. The van der Waals surface area contributed by atoms with Gasteiger partial charge in [0.25, 0.3) is 6.01 Å². The second kappa shape index (κ2) is 10.8. The summed E-state index contributed by atoms with van der Waals surface area (Å²) in [5.74, 6) is -4.26. The van der Waals surface area contributed by atoms with Gasteiger partial charge in [0, 0.05) is 24.8 Å². The van der Waals surface area contributed by atoms with Crippen LogP contribution in [-0.2, 0) is 14.3 Å². The number of hydrogen-bond acceptors (Lipinski definition) is 8. The van der Waals surface area contributed by atoms with E-state index in [9.17, 15) is 27.8 Å². The molecule has 3 aromatic rings. The lowest BCUT2D eigenvalue weighted by Crippen LogP contribution is -2.34. The number of halogens is 5. The van der Waals surface area contributed by atoms with E-state index in [-0.39, 0.29) is 41.9 Å². The zero-order valence-corrected chi connectivity index (χ0v) is 20.6. The molecule has 1 aromatic heterocycles. The number of alkyl halides is 3. The van der Waals surface area contributed by atoms with E-state index in [0.717, 1.165) is 12.2 Å². The number of H-pyrrole nitrogens is 1. The molecule has 0 radical (unpaired) electrons. The Bertz CT molecular complexity index is 1380. The molecule has 15 heteroatoms. The van der Waals surface area contributed by atoms with Crippen molar-refractivity contribution in [1.82, 2.24) is 9.97 Å². The van der Waals surface area contributed by atoms with Crippen molar-refractivity contribution < 1.29 is 56.3 Å². The van der Waals surface area contributed by atoms with Gasteiger partial charge in [0.1, 0.15) is 29.6 Å². The first kappa shape index (κ1) is 28.0. The van der Waals surface area contributed by atoms with Gasteiger partial charge in [-0.15, -0.1) is 0 Å². The maximum atomic E-state index is 15.4. The maximum Gasteiger partial charge on any atom is 0.490 e. The molecule has 0 bridgehead atoms. The lowest BCUT2D eigenvalue weighted by Gasteiger charge is -2.18. The lowest BCUT2D eigenvalue weighted by molar-refractivity contribution is -0.192. The third-order valence-electron chi connectivity index (χ3n) is 6.82. The summed E-state index contributed by atoms with van der Waals surface area (Å²) in [6.07, 6.45) is -6.88. The van der Waals surface area contributed by atoms with Gasteiger partial charge in [-0.05, 0) is 24.1 Å². The van der Waals surface area contributed by atoms with Crippen LogP contribution in [0.2, 0.25) is 0 Å². The Morgan fingerprint density at radius 2 is 1.77 bits per heavy atom. The largest absolute Gasteiger partial charge is 0.490 e. The number of aliphatic hydroxyl groups excluding tert-OH is 2. The Balaban J connectivity index is 0.000000411. The third-order valence-corrected chi connectivity index (χ3v) is 6.82. The van der Waals surface area contributed by atoms with Crippen LogP contribution in [0.25, 0.3) is 22.2 Å². The molecule has 2 aromatic carbocycles. The summed E-state index contributed by atoms with van der Waals surface area (Å²) in [6.45, 7) is 1.65. The number of aromatic amines is 1. The number of ether oxygens (including phenoxy) is 3. The summed E-state index contributed by atoms with van der Waals surface area (Å²) < 4.78 is 78.9. The fraction of sp³-hybridized carbons (Fsp3) is 0.440. The van der Waals surface area contributed by atoms with Gasteiger partial charge >= 0.3 is 12.1 Å². The quantitative estimate of drug-likeness (QED) is 0.347. The van der Waals surface area contributed by atoms with Crippen molar-refractivity contribution in [2.24, 2.45) is 0 Å². The maximum absolute atomic E-state index is 15.4. The van der Waals surface area contributed by atoms with E-state index in [2.05, 4.69) is 9.97 Å². The Labute approximate surface area is 222 Å². The van der Waals surface area contributed by atoms with E-state index in [1.807, 2.05) is 4.90 Å². The van der Waals surface area contributed by atoms with E-state index < -0.39 is 48.2 Å². The van der Waals surface area contributed by atoms with Crippen LogP contribution >= 0.6 is 0 Å². The van der Waals surface area contributed by atoms with E-state index >= 15 is 4.39 Å². The van der Waals surface area contributed by atoms with Gasteiger partial charge in [-0.1, -0.05) is 12.1 Å². The molecule has 0 amide bonds. The van der Waals surface area contributed by atoms with Crippen LogP contribution in [0.4, 0.5) is 27.6 Å². The third kappa shape index (κ3) is 5.54. The van der Waals surface area contributed by atoms with Crippen LogP contribution in [0.15, 0.2) is 30.3 Å². The average Bonchev–Trinajstić information content (AvgIpc) is 3.67. The molecule has 0 spiro atoms. The topological polar surface area (TPSA) is 137 Å². The number of β-amino-alcohol motifs (C(OH)–C–C–N with tert-alkyl or cyclic N) is 1. The van der Waals surface area contributed by atoms with Crippen LogP contribution in [0.5, 0.6) is 6.01 Å². The highest BCUT2D eigenvalue weighted by Crippen LogP contribution is 2.35. The number of carboxylic acid groups (broad SMARTS) is 1. The summed E-state index contributed by atoms with van der Waals surface area (Å²) in [5, 5.41) is 26.7. The predicted molar refractivity (Wildman–Crippen MR) is 128 cm³/mol. The van der Waals surface area contributed by atoms with Crippen molar-refractivity contribution in [3.63, 3.8) is 0 Å². The van der Waals surface area contributed by atoms with E-state index in [1.165, 1.54) is 6.07 Å². The first-order chi connectivity index (χ1) is 18.9. The van der Waals surface area contributed by atoms with Crippen molar-refractivity contribution in [2.45, 2.75) is 43.1 Å². The molecule has 216 valence electrons. The van der Waals surface area contributed by atoms with E-state index in [1.54, 1.807) is 24.3 Å². The number of rotatable bonds is 4. The molecule has 5 atom stereocenters. The van der Waals surface area contributed by atoms with Gasteiger partial charge < -0.3 is 39.4 Å². The number of nitrogens with zero attached hydrogens (tertiary/aromatic N) is 2. The van der Waals surface area contributed by atoms with Gasteiger partial charge in [0.15, 0.2) is 11.9 Å². The molecule has 3 aliphatic heterocycles. The van der Waals surface area contributed by atoms with Crippen LogP contribution in [-0.4, -0.2) is 94.3 Å². The highest BCUT2D eigenvalue weighted by atomic mass is 19.4. The molecule has 40 heavy (non-hydrogen) atoms. The Morgan fingerprint density at radius 1 is 1.10 bits per heavy atom. The van der Waals surface area contributed by atoms with Crippen LogP contribution < -0.4 is 9.64 Å². The SMILES string of the molecule is O=C(O)C(F)(F)F.O[C@H]1CCN(c2ccc(-c3c(F)cc4[nH]c(O[C@@H]5CO[C@H]6[C@@H]5OC[C@H]6O)nc4c3F)cc2)C1. The number of fused-ring (bicyclic) bond motifs is 2. The molecule has 4 N–H and O–H groups in total. The number of anilines is 1. The number of aromatic nitrogens is 2. The first-order valence-corrected chi connectivity index (χ1v) is 12.2. The molecule has 6 rings (SSSR count). The van der Waals surface area contributed by atoms with Gasteiger partial charge in [0.2, 0.25) is 0 Å². The van der Waals surface area contributed by atoms with E-state index in [0.29, 0.717) is 18.5 Å². The number of carbonyl (C=O) groups is 1. The highest BCUT2D eigenvalue weighted by Gasteiger charge is 2.48. The van der Waals surface area contributed by atoms with Gasteiger partial charge in [-0.2, -0.15) is 18.2 Å². The molecule has 0 aliphatic carbocycles. The first-order valence-electron chi connectivity index (χ1n) is 12.2. The second-order valence-electron chi connectivity index (χ2n) is 9.54. The standard InChI is InChI=1S/C23H23F2N3O5.C2HF3O2/c24-14-7-15-20(27-23(26-15)33-17-10-32-21-16(30)9-31-22(17)21)19(25)18(14)11-1-3-12(4-2-11)28-6-5-13(29)8-28;3-2(4,5)1(6)7/h1-4,7,13,16-17,21-22,29-30H,5-6,8-10H2,(H,26,27);(H,6,7)/t13-,16+,17+,21+,22+;/m0./s1. The van der Waals surface area contributed by atoms with E-state index in [4.69, 9.17) is 24.1 Å².